The van der Waals surface area contributed by atoms with E-state index >= 15 is 0 Å². The molecule has 0 N–H and O–H groups in total. The summed E-state index contributed by atoms with van der Waals surface area (Å²) in [6, 6.07) is 7.12. The average molecular weight is 329 g/mol. The lowest BCUT2D eigenvalue weighted by atomic mass is 9.93. The van der Waals surface area contributed by atoms with Gasteiger partial charge in [0.1, 0.15) is 11.5 Å². The van der Waals surface area contributed by atoms with Gasteiger partial charge < -0.3 is 9.47 Å². The summed E-state index contributed by atoms with van der Waals surface area (Å²) in [6.45, 7) is 4.87. The molecule has 0 aromatic heterocycles. The van der Waals surface area contributed by atoms with Gasteiger partial charge in [-0.1, -0.05) is 12.1 Å². The highest BCUT2D eigenvalue weighted by Gasteiger charge is 2.34. The van der Waals surface area contributed by atoms with Crippen LogP contribution in [0.4, 0.5) is 0 Å². The SMILES string of the molecule is CC(=O)CN1CC(c2ccc3c(c2)CCO3)CC1CCOC1CC1. The van der Waals surface area contributed by atoms with Crippen molar-refractivity contribution in [3.8, 4) is 5.75 Å². The lowest BCUT2D eigenvalue weighted by molar-refractivity contribution is -0.118. The normalized spacial score (nSPS) is 26.4. The van der Waals surface area contributed by atoms with Crippen molar-refractivity contribution in [2.24, 2.45) is 0 Å². The van der Waals surface area contributed by atoms with Crippen molar-refractivity contribution in [3.63, 3.8) is 0 Å². The van der Waals surface area contributed by atoms with Crippen LogP contribution in [-0.4, -0.2) is 49.1 Å². The zero-order valence-corrected chi connectivity index (χ0v) is 14.5. The lowest BCUT2D eigenvalue weighted by Crippen LogP contribution is -2.34. The van der Waals surface area contributed by atoms with Gasteiger partial charge in [-0.15, -0.1) is 0 Å². The summed E-state index contributed by atoms with van der Waals surface area (Å²) in [5.74, 6) is 1.82. The quantitative estimate of drug-likeness (QED) is 0.771. The van der Waals surface area contributed by atoms with E-state index in [9.17, 15) is 4.79 Å². The van der Waals surface area contributed by atoms with Crippen LogP contribution < -0.4 is 4.74 Å². The van der Waals surface area contributed by atoms with Crippen LogP contribution in [0.5, 0.6) is 5.75 Å². The molecule has 2 heterocycles. The topological polar surface area (TPSA) is 38.8 Å². The van der Waals surface area contributed by atoms with Crippen LogP contribution in [0, 0.1) is 0 Å². The van der Waals surface area contributed by atoms with Gasteiger partial charge in [-0.2, -0.15) is 0 Å². The molecule has 0 bridgehead atoms. The summed E-state index contributed by atoms with van der Waals surface area (Å²) in [5, 5.41) is 0. The average Bonchev–Trinajstić information content (AvgIpc) is 3.11. The van der Waals surface area contributed by atoms with E-state index in [1.165, 1.54) is 24.0 Å². The van der Waals surface area contributed by atoms with Gasteiger partial charge in [0, 0.05) is 25.6 Å². The van der Waals surface area contributed by atoms with Gasteiger partial charge in [-0.3, -0.25) is 9.69 Å². The molecule has 1 saturated heterocycles. The summed E-state index contributed by atoms with van der Waals surface area (Å²) in [4.78, 5) is 14.0. The molecule has 2 atom stereocenters. The molecule has 2 fully saturated rings. The predicted octanol–water partition coefficient (Wildman–Crippen LogP) is 2.94. The molecule has 2 aliphatic heterocycles. The van der Waals surface area contributed by atoms with Gasteiger partial charge in [0.05, 0.1) is 19.3 Å². The number of carbonyl (C=O) groups excluding carboxylic acids is 1. The van der Waals surface area contributed by atoms with E-state index in [0.717, 1.165) is 44.8 Å². The Labute approximate surface area is 144 Å². The van der Waals surface area contributed by atoms with Crippen molar-refractivity contribution in [1.29, 1.82) is 0 Å². The van der Waals surface area contributed by atoms with Gasteiger partial charge in [0.2, 0.25) is 0 Å². The van der Waals surface area contributed by atoms with Crippen LogP contribution in [-0.2, 0) is 16.0 Å². The molecule has 2 unspecified atom stereocenters. The number of carbonyl (C=O) groups is 1. The number of nitrogens with zero attached hydrogens (tertiary/aromatic N) is 1. The lowest BCUT2D eigenvalue weighted by Gasteiger charge is -2.22. The molecule has 0 radical (unpaired) electrons. The van der Waals surface area contributed by atoms with E-state index in [4.69, 9.17) is 9.47 Å². The highest BCUT2D eigenvalue weighted by molar-refractivity contribution is 5.77. The van der Waals surface area contributed by atoms with Crippen molar-refractivity contribution in [2.45, 2.75) is 57.1 Å². The number of rotatable bonds is 7. The minimum absolute atomic E-state index is 0.256. The molecule has 130 valence electrons. The Kier molecular flexibility index (Phi) is 4.59. The molecule has 0 spiro atoms. The number of ether oxygens (including phenoxy) is 2. The Bertz CT molecular complexity index is 611. The molecular weight excluding hydrogens is 302 g/mol. The third kappa shape index (κ3) is 3.65. The summed E-state index contributed by atoms with van der Waals surface area (Å²) < 4.78 is 11.5. The third-order valence-electron chi connectivity index (χ3n) is 5.47. The molecule has 0 amide bonds. The fraction of sp³-hybridized carbons (Fsp3) is 0.650. The fourth-order valence-electron chi connectivity index (χ4n) is 4.07. The Morgan fingerprint density at radius 1 is 1.38 bits per heavy atom. The number of hydrogen-bond donors (Lipinski definition) is 0. The number of ketones is 1. The van der Waals surface area contributed by atoms with Gasteiger partial charge in [0.25, 0.3) is 0 Å². The number of hydrogen-bond acceptors (Lipinski definition) is 4. The summed E-state index contributed by atoms with van der Waals surface area (Å²) in [5.41, 5.74) is 2.74. The second-order valence-corrected chi connectivity index (χ2v) is 7.54. The number of benzene rings is 1. The van der Waals surface area contributed by atoms with Gasteiger partial charge in [-0.25, -0.2) is 0 Å². The van der Waals surface area contributed by atoms with Crippen molar-refractivity contribution < 1.29 is 14.3 Å². The largest absolute Gasteiger partial charge is 0.493 e. The van der Waals surface area contributed by atoms with E-state index in [1.807, 2.05) is 0 Å². The van der Waals surface area contributed by atoms with Crippen molar-refractivity contribution >= 4 is 5.78 Å². The molecule has 4 rings (SSSR count). The van der Waals surface area contributed by atoms with E-state index in [2.05, 4.69) is 23.1 Å². The van der Waals surface area contributed by atoms with Crippen LogP contribution in [0.1, 0.15) is 49.7 Å². The first-order valence-corrected chi connectivity index (χ1v) is 9.30. The van der Waals surface area contributed by atoms with Crippen LogP contribution >= 0.6 is 0 Å². The highest BCUT2D eigenvalue weighted by atomic mass is 16.5. The second kappa shape index (κ2) is 6.85. The molecule has 24 heavy (non-hydrogen) atoms. The molecule has 1 aliphatic carbocycles. The molecular formula is C20H27NO3. The zero-order valence-electron chi connectivity index (χ0n) is 14.5. The van der Waals surface area contributed by atoms with Crippen molar-refractivity contribution in [1.82, 2.24) is 4.90 Å². The summed E-state index contributed by atoms with van der Waals surface area (Å²) in [6.07, 6.45) is 6.14. The predicted molar refractivity (Wildman–Crippen MR) is 92.6 cm³/mol. The van der Waals surface area contributed by atoms with Crippen LogP contribution in [0.15, 0.2) is 18.2 Å². The Balaban J connectivity index is 1.42. The molecule has 4 heteroatoms. The van der Waals surface area contributed by atoms with Gasteiger partial charge >= 0.3 is 0 Å². The smallest absolute Gasteiger partial charge is 0.143 e. The van der Waals surface area contributed by atoms with E-state index in [0.29, 0.717) is 24.6 Å². The van der Waals surface area contributed by atoms with Crippen LogP contribution in [0.3, 0.4) is 0 Å². The first kappa shape index (κ1) is 16.1. The molecule has 1 aromatic rings. The maximum atomic E-state index is 11.6. The minimum atomic E-state index is 0.256. The molecule has 1 saturated carbocycles. The Hall–Kier alpha value is -1.39. The Morgan fingerprint density at radius 3 is 3.04 bits per heavy atom. The first-order chi connectivity index (χ1) is 11.7. The molecule has 3 aliphatic rings. The monoisotopic (exact) mass is 329 g/mol. The fourth-order valence-corrected chi connectivity index (χ4v) is 4.07. The maximum Gasteiger partial charge on any atom is 0.143 e. The minimum Gasteiger partial charge on any atom is -0.493 e. The van der Waals surface area contributed by atoms with E-state index in [-0.39, 0.29) is 5.78 Å². The Morgan fingerprint density at radius 2 is 2.25 bits per heavy atom. The van der Waals surface area contributed by atoms with Crippen molar-refractivity contribution in [2.75, 3.05) is 26.3 Å². The number of likely N-dealkylation sites (tertiary alicyclic amines) is 1. The van der Waals surface area contributed by atoms with Crippen LogP contribution in [0.25, 0.3) is 0 Å². The molecule has 1 aromatic carbocycles. The van der Waals surface area contributed by atoms with Crippen molar-refractivity contribution in [3.05, 3.63) is 29.3 Å². The van der Waals surface area contributed by atoms with E-state index < -0.39 is 0 Å². The summed E-state index contributed by atoms with van der Waals surface area (Å²) >= 11 is 0. The second-order valence-electron chi connectivity index (χ2n) is 7.54. The van der Waals surface area contributed by atoms with E-state index in [1.54, 1.807) is 6.92 Å². The number of fused-ring (bicyclic) bond motifs is 1. The number of Topliss-reactive ketones (excluding diaryl/α,β-unsaturated/α-hetero) is 1. The zero-order chi connectivity index (χ0) is 16.5. The standard InChI is InChI=1S/C20H27NO3/c1-14(22)12-21-13-17(11-18(21)7-9-23-19-3-4-19)15-2-5-20-16(10-15)6-8-24-20/h2,5,10,17-19H,3-4,6-9,11-13H2,1H3. The van der Waals surface area contributed by atoms with Gasteiger partial charge in [-0.05, 0) is 55.7 Å². The molecule has 4 nitrogen and oxygen atoms in total. The maximum absolute atomic E-state index is 11.6. The first-order valence-electron chi connectivity index (χ1n) is 9.30. The van der Waals surface area contributed by atoms with Crippen LogP contribution in [0.2, 0.25) is 0 Å². The highest BCUT2D eigenvalue weighted by Crippen LogP contribution is 2.36. The third-order valence-corrected chi connectivity index (χ3v) is 5.47. The summed E-state index contributed by atoms with van der Waals surface area (Å²) in [7, 11) is 0. The van der Waals surface area contributed by atoms with Gasteiger partial charge in [0.15, 0.2) is 0 Å².